The maximum atomic E-state index is 12.0. The van der Waals surface area contributed by atoms with Crippen LogP contribution in [0.15, 0.2) is 48.5 Å². The third-order valence-corrected chi connectivity index (χ3v) is 5.47. The molecule has 4 nitrogen and oxygen atoms in total. The maximum Gasteiger partial charge on any atom is 0.195 e. The number of benzene rings is 2. The molecule has 0 atom stereocenters. The van der Waals surface area contributed by atoms with Gasteiger partial charge in [0.2, 0.25) is 0 Å². The van der Waals surface area contributed by atoms with Crippen molar-refractivity contribution in [2.75, 3.05) is 7.11 Å². The van der Waals surface area contributed by atoms with E-state index in [-0.39, 0.29) is 0 Å². The van der Waals surface area contributed by atoms with E-state index in [1.54, 1.807) is 18.4 Å². The summed E-state index contributed by atoms with van der Waals surface area (Å²) < 4.78 is 7.34. The van der Waals surface area contributed by atoms with Gasteiger partial charge in [-0.1, -0.05) is 30.3 Å². The van der Waals surface area contributed by atoms with Gasteiger partial charge in [0, 0.05) is 16.0 Å². The molecule has 2 heterocycles. The van der Waals surface area contributed by atoms with Gasteiger partial charge in [-0.2, -0.15) is 0 Å². The summed E-state index contributed by atoms with van der Waals surface area (Å²) in [6.45, 7) is 4.08. The number of carbonyl (C=O) groups excluding carboxylic acids is 1. The standard InChI is InChI=1S/C21H18N2O2S/c1-13-11-16(9-10-18(13)25-3)20-14(2)26-21-22-19(17(12-24)23(20)21)15-7-5-4-6-8-15/h4-12H,1-3H3. The van der Waals surface area contributed by atoms with Crippen LogP contribution in [0, 0.1) is 13.8 Å². The molecular formula is C21H18N2O2S. The van der Waals surface area contributed by atoms with E-state index in [0.717, 1.165) is 50.0 Å². The number of aldehydes is 1. The van der Waals surface area contributed by atoms with Crippen molar-refractivity contribution in [3.05, 3.63) is 64.7 Å². The van der Waals surface area contributed by atoms with Crippen molar-refractivity contribution in [1.82, 2.24) is 9.38 Å². The SMILES string of the molecule is COc1ccc(-c2c(C)sc3nc(-c4ccccc4)c(C=O)n23)cc1C. The Morgan fingerprint density at radius 1 is 1.08 bits per heavy atom. The van der Waals surface area contributed by atoms with Crippen molar-refractivity contribution in [2.45, 2.75) is 13.8 Å². The molecule has 26 heavy (non-hydrogen) atoms. The summed E-state index contributed by atoms with van der Waals surface area (Å²) in [5.74, 6) is 0.851. The van der Waals surface area contributed by atoms with E-state index < -0.39 is 0 Å². The second-order valence-corrected chi connectivity index (χ2v) is 7.32. The lowest BCUT2D eigenvalue weighted by molar-refractivity contribution is 0.111. The van der Waals surface area contributed by atoms with Crippen molar-refractivity contribution in [1.29, 1.82) is 0 Å². The average molecular weight is 362 g/mol. The van der Waals surface area contributed by atoms with Gasteiger partial charge in [-0.15, -0.1) is 11.3 Å². The Bertz CT molecular complexity index is 1110. The first-order valence-corrected chi connectivity index (χ1v) is 9.13. The van der Waals surface area contributed by atoms with Gasteiger partial charge in [-0.05, 0) is 37.6 Å². The Morgan fingerprint density at radius 2 is 1.85 bits per heavy atom. The summed E-state index contributed by atoms with van der Waals surface area (Å²) in [5.41, 5.74) is 5.36. The predicted molar refractivity (Wildman–Crippen MR) is 105 cm³/mol. The smallest absolute Gasteiger partial charge is 0.195 e. The van der Waals surface area contributed by atoms with Crippen molar-refractivity contribution in [2.24, 2.45) is 0 Å². The topological polar surface area (TPSA) is 43.6 Å². The molecule has 0 radical (unpaired) electrons. The van der Waals surface area contributed by atoms with E-state index in [1.165, 1.54) is 0 Å². The molecule has 0 aliphatic rings. The largest absolute Gasteiger partial charge is 0.496 e. The van der Waals surface area contributed by atoms with E-state index in [9.17, 15) is 4.79 Å². The van der Waals surface area contributed by atoms with Crippen LogP contribution in [0.4, 0.5) is 0 Å². The second-order valence-electron chi connectivity index (χ2n) is 6.14. The van der Waals surface area contributed by atoms with Gasteiger partial charge in [0.1, 0.15) is 17.1 Å². The Kier molecular flexibility index (Phi) is 4.09. The highest BCUT2D eigenvalue weighted by atomic mass is 32.1. The van der Waals surface area contributed by atoms with Crippen LogP contribution in [0.5, 0.6) is 5.75 Å². The molecule has 0 bridgehead atoms. The van der Waals surface area contributed by atoms with E-state index in [2.05, 4.69) is 13.0 Å². The molecule has 0 saturated heterocycles. The van der Waals surface area contributed by atoms with Gasteiger partial charge in [0.25, 0.3) is 0 Å². The molecule has 0 saturated carbocycles. The lowest BCUT2D eigenvalue weighted by atomic mass is 10.1. The number of aromatic nitrogens is 2. The van der Waals surface area contributed by atoms with Gasteiger partial charge in [0.15, 0.2) is 11.2 Å². The fraction of sp³-hybridized carbons (Fsp3) is 0.143. The van der Waals surface area contributed by atoms with Crippen LogP contribution in [0.25, 0.3) is 27.5 Å². The van der Waals surface area contributed by atoms with E-state index in [1.807, 2.05) is 53.8 Å². The number of rotatable bonds is 4. The number of ether oxygens (including phenoxy) is 1. The Labute approximate surface area is 155 Å². The molecule has 0 aliphatic carbocycles. The first-order chi connectivity index (χ1) is 12.6. The van der Waals surface area contributed by atoms with Crippen LogP contribution in [-0.2, 0) is 0 Å². The molecule has 0 spiro atoms. The van der Waals surface area contributed by atoms with E-state index in [0.29, 0.717) is 5.69 Å². The number of fused-ring (bicyclic) bond motifs is 1. The molecular weight excluding hydrogens is 344 g/mol. The number of hydrogen-bond donors (Lipinski definition) is 0. The quantitative estimate of drug-likeness (QED) is 0.471. The molecule has 4 rings (SSSR count). The molecule has 5 heteroatoms. The summed E-state index contributed by atoms with van der Waals surface area (Å²) >= 11 is 1.60. The van der Waals surface area contributed by atoms with Crippen LogP contribution < -0.4 is 4.74 Å². The molecule has 130 valence electrons. The Morgan fingerprint density at radius 3 is 2.50 bits per heavy atom. The number of thiazole rings is 1. The summed E-state index contributed by atoms with van der Waals surface area (Å²) in [5, 5.41) is 0. The van der Waals surface area contributed by atoms with Crippen molar-refractivity contribution >= 4 is 22.6 Å². The van der Waals surface area contributed by atoms with E-state index in [4.69, 9.17) is 9.72 Å². The highest BCUT2D eigenvalue weighted by molar-refractivity contribution is 7.17. The van der Waals surface area contributed by atoms with Crippen LogP contribution in [0.1, 0.15) is 20.9 Å². The van der Waals surface area contributed by atoms with Crippen LogP contribution in [0.2, 0.25) is 0 Å². The predicted octanol–water partition coefficient (Wildman–Crippen LogP) is 5.17. The Balaban J connectivity index is 1.99. The first-order valence-electron chi connectivity index (χ1n) is 8.31. The van der Waals surface area contributed by atoms with Crippen molar-refractivity contribution in [3.8, 4) is 28.3 Å². The number of imidazole rings is 1. The minimum absolute atomic E-state index is 0.582. The molecule has 4 aromatic rings. The summed E-state index contributed by atoms with van der Waals surface area (Å²) in [4.78, 5) is 18.7. The fourth-order valence-corrected chi connectivity index (χ4v) is 4.31. The average Bonchev–Trinajstić information content (AvgIpc) is 3.16. The minimum Gasteiger partial charge on any atom is -0.496 e. The maximum absolute atomic E-state index is 12.0. The number of methoxy groups -OCH3 is 1. The number of nitrogens with zero attached hydrogens (tertiary/aromatic N) is 2. The number of carbonyl (C=O) groups is 1. The normalized spacial score (nSPS) is 11.0. The summed E-state index contributed by atoms with van der Waals surface area (Å²) in [6, 6.07) is 15.9. The highest BCUT2D eigenvalue weighted by Gasteiger charge is 2.21. The van der Waals surface area contributed by atoms with E-state index >= 15 is 0 Å². The lowest BCUT2D eigenvalue weighted by Crippen LogP contribution is -1.96. The zero-order valence-electron chi connectivity index (χ0n) is 14.8. The van der Waals surface area contributed by atoms with Crippen molar-refractivity contribution < 1.29 is 9.53 Å². The monoisotopic (exact) mass is 362 g/mol. The number of hydrogen-bond acceptors (Lipinski definition) is 4. The van der Waals surface area contributed by atoms with Crippen LogP contribution >= 0.6 is 11.3 Å². The molecule has 2 aromatic carbocycles. The van der Waals surface area contributed by atoms with Crippen molar-refractivity contribution in [3.63, 3.8) is 0 Å². The second kappa shape index (κ2) is 6.42. The third kappa shape index (κ3) is 2.52. The van der Waals surface area contributed by atoms with Gasteiger partial charge in [-0.25, -0.2) is 4.98 Å². The first kappa shape index (κ1) is 16.5. The lowest BCUT2D eigenvalue weighted by Gasteiger charge is -2.09. The molecule has 0 unspecified atom stereocenters. The molecule has 0 aliphatic heterocycles. The van der Waals surface area contributed by atoms with Crippen LogP contribution in [0.3, 0.4) is 0 Å². The highest BCUT2D eigenvalue weighted by Crippen LogP contribution is 2.36. The molecule has 0 N–H and O–H groups in total. The minimum atomic E-state index is 0.582. The summed E-state index contributed by atoms with van der Waals surface area (Å²) in [7, 11) is 1.67. The van der Waals surface area contributed by atoms with Gasteiger partial charge < -0.3 is 4.74 Å². The Hall–Kier alpha value is -2.92. The number of aryl methyl sites for hydroxylation is 2. The zero-order chi connectivity index (χ0) is 18.3. The van der Waals surface area contributed by atoms with Gasteiger partial charge in [0.05, 0.1) is 12.8 Å². The zero-order valence-corrected chi connectivity index (χ0v) is 15.6. The molecule has 2 aromatic heterocycles. The molecule has 0 fully saturated rings. The van der Waals surface area contributed by atoms with Gasteiger partial charge >= 0.3 is 0 Å². The van der Waals surface area contributed by atoms with Crippen LogP contribution in [-0.4, -0.2) is 22.8 Å². The molecule has 0 amide bonds. The fourth-order valence-electron chi connectivity index (χ4n) is 3.31. The summed E-state index contributed by atoms with van der Waals surface area (Å²) in [6.07, 6.45) is 0.897. The van der Waals surface area contributed by atoms with Gasteiger partial charge in [-0.3, -0.25) is 9.20 Å². The third-order valence-electron chi connectivity index (χ3n) is 4.51.